The van der Waals surface area contributed by atoms with Crippen LogP contribution in [-0.4, -0.2) is 34.5 Å². The molecular formula is C17H18ClN5O2. The summed E-state index contributed by atoms with van der Waals surface area (Å²) in [6.45, 7) is 3.74. The van der Waals surface area contributed by atoms with E-state index in [1.54, 1.807) is 12.4 Å². The number of allylic oxidation sites excluding steroid dienone is 1. The second kappa shape index (κ2) is 7.06. The molecule has 1 aromatic heterocycles. The number of H-pyrrole nitrogens is 1. The van der Waals surface area contributed by atoms with E-state index in [0.29, 0.717) is 29.3 Å². The maximum absolute atomic E-state index is 12.3. The van der Waals surface area contributed by atoms with Crippen molar-refractivity contribution < 1.29 is 9.59 Å². The maximum atomic E-state index is 12.3. The molecule has 0 aliphatic carbocycles. The molecule has 0 saturated carbocycles. The molecule has 0 aromatic carbocycles. The largest absolute Gasteiger partial charge is 0.359 e. The summed E-state index contributed by atoms with van der Waals surface area (Å²) in [5.74, 6) is -0.464. The molecule has 2 aliphatic heterocycles. The first-order valence-electron chi connectivity index (χ1n) is 7.85. The van der Waals surface area contributed by atoms with Crippen molar-refractivity contribution >= 4 is 41.3 Å². The van der Waals surface area contributed by atoms with Gasteiger partial charge in [-0.25, -0.2) is 5.43 Å². The van der Waals surface area contributed by atoms with E-state index in [2.05, 4.69) is 25.8 Å². The number of carbonyl (C=O) groups excluding carboxylic acids is 2. The fraction of sp³-hybridized carbons (Fsp3) is 0.294. The van der Waals surface area contributed by atoms with Crippen LogP contribution in [0.1, 0.15) is 33.7 Å². The number of hydrogen-bond donors (Lipinski definition) is 3. The number of Topliss-reactive ketones (excluding diaryl/α,β-unsaturated/α-hetero) is 1. The molecular weight excluding hydrogens is 342 g/mol. The molecule has 1 amide bonds. The monoisotopic (exact) mass is 359 g/mol. The Kier molecular flexibility index (Phi) is 4.85. The van der Waals surface area contributed by atoms with Gasteiger partial charge in [0.25, 0.3) is 5.91 Å². The van der Waals surface area contributed by atoms with Crippen LogP contribution < -0.4 is 10.7 Å². The summed E-state index contributed by atoms with van der Waals surface area (Å²) in [6, 6.07) is 0. The molecule has 0 radical (unpaired) electrons. The Hall–Kier alpha value is -2.67. The topological polar surface area (TPSA) is 98.7 Å². The highest BCUT2D eigenvalue weighted by Gasteiger charge is 2.29. The van der Waals surface area contributed by atoms with Gasteiger partial charge >= 0.3 is 0 Å². The molecule has 1 unspecified atom stereocenters. The zero-order valence-corrected chi connectivity index (χ0v) is 14.6. The number of ketones is 1. The smallest absolute Gasteiger partial charge is 0.254 e. The van der Waals surface area contributed by atoms with Crippen molar-refractivity contribution in [1.82, 2.24) is 15.7 Å². The van der Waals surface area contributed by atoms with E-state index in [-0.39, 0.29) is 11.7 Å². The Labute approximate surface area is 149 Å². The van der Waals surface area contributed by atoms with Crippen molar-refractivity contribution in [3.63, 3.8) is 0 Å². The molecule has 2 aliphatic rings. The van der Waals surface area contributed by atoms with E-state index >= 15 is 0 Å². The van der Waals surface area contributed by atoms with Gasteiger partial charge in [-0.3, -0.25) is 14.6 Å². The molecule has 1 aromatic rings. The number of aromatic nitrogens is 1. The molecule has 130 valence electrons. The first kappa shape index (κ1) is 17.2. The number of aryl methyl sites for hydroxylation is 1. The molecule has 0 saturated heterocycles. The van der Waals surface area contributed by atoms with Crippen LogP contribution in [0.15, 0.2) is 28.2 Å². The zero-order chi connectivity index (χ0) is 18.0. The van der Waals surface area contributed by atoms with Gasteiger partial charge in [0.05, 0.1) is 11.4 Å². The van der Waals surface area contributed by atoms with Crippen LogP contribution in [0.25, 0.3) is 6.08 Å². The summed E-state index contributed by atoms with van der Waals surface area (Å²) in [5.41, 5.74) is 6.75. The number of carbonyl (C=O) groups is 2. The first-order chi connectivity index (χ1) is 12.0. The van der Waals surface area contributed by atoms with E-state index in [9.17, 15) is 9.59 Å². The minimum absolute atomic E-state index is 0.0126. The Balaban J connectivity index is 1.97. The number of rotatable bonds is 5. The lowest BCUT2D eigenvalue weighted by Gasteiger charge is -2.16. The van der Waals surface area contributed by atoms with Gasteiger partial charge in [0.2, 0.25) is 0 Å². The highest BCUT2D eigenvalue weighted by molar-refractivity contribution is 6.24. The van der Waals surface area contributed by atoms with Gasteiger partial charge in [-0.15, -0.1) is 11.6 Å². The van der Waals surface area contributed by atoms with Crippen molar-refractivity contribution in [3.05, 3.63) is 40.6 Å². The Morgan fingerprint density at radius 1 is 1.40 bits per heavy atom. The lowest BCUT2D eigenvalue weighted by Crippen LogP contribution is -2.32. The van der Waals surface area contributed by atoms with E-state index in [1.165, 1.54) is 6.21 Å². The lowest BCUT2D eigenvalue weighted by atomic mass is 9.99. The standard InChI is InChI=1S/C17H18ClN5O2/c1-9-12(22-10(2)15(9)14(24)3-4-18)7-13-16(20-6-5-19-13)11-8-21-23-17(11)25/h5-8,11,19,22H,3-4H2,1-2H3,(H,23,25). The van der Waals surface area contributed by atoms with Crippen LogP contribution in [0, 0.1) is 19.8 Å². The van der Waals surface area contributed by atoms with Crippen LogP contribution in [0.3, 0.4) is 0 Å². The summed E-state index contributed by atoms with van der Waals surface area (Å²) in [5, 5.41) is 6.90. The average Bonchev–Trinajstić information content (AvgIpc) is 3.12. The fourth-order valence-corrected chi connectivity index (χ4v) is 3.12. The van der Waals surface area contributed by atoms with Gasteiger partial charge in [0.1, 0.15) is 5.92 Å². The molecule has 0 spiro atoms. The van der Waals surface area contributed by atoms with Crippen molar-refractivity contribution in [2.45, 2.75) is 20.3 Å². The Morgan fingerprint density at radius 2 is 2.20 bits per heavy atom. The lowest BCUT2D eigenvalue weighted by molar-refractivity contribution is -0.120. The Bertz CT molecular complexity index is 847. The number of aliphatic imine (C=N–C) groups is 1. The van der Waals surface area contributed by atoms with Crippen LogP contribution in [0.2, 0.25) is 0 Å². The van der Waals surface area contributed by atoms with Crippen LogP contribution in [0.5, 0.6) is 0 Å². The number of nitrogens with one attached hydrogen (secondary N) is 3. The van der Waals surface area contributed by atoms with Gasteiger partial charge in [0.15, 0.2) is 5.78 Å². The average molecular weight is 360 g/mol. The summed E-state index contributed by atoms with van der Waals surface area (Å²) >= 11 is 5.69. The highest BCUT2D eigenvalue weighted by Crippen LogP contribution is 2.23. The first-order valence-corrected chi connectivity index (χ1v) is 8.39. The molecule has 3 rings (SSSR count). The van der Waals surface area contributed by atoms with Crippen molar-refractivity contribution in [3.8, 4) is 0 Å². The third-order valence-corrected chi connectivity index (χ3v) is 4.33. The number of aromatic amines is 1. The van der Waals surface area contributed by atoms with E-state index < -0.39 is 5.92 Å². The minimum Gasteiger partial charge on any atom is -0.359 e. The molecule has 3 N–H and O–H groups in total. The molecule has 3 heterocycles. The van der Waals surface area contributed by atoms with Crippen molar-refractivity contribution in [1.29, 1.82) is 0 Å². The minimum atomic E-state index is -0.544. The summed E-state index contributed by atoms with van der Waals surface area (Å²) < 4.78 is 0. The molecule has 0 fully saturated rings. The molecule has 1 atom stereocenters. The third-order valence-electron chi connectivity index (χ3n) is 4.14. The predicted molar refractivity (Wildman–Crippen MR) is 97.7 cm³/mol. The molecule has 25 heavy (non-hydrogen) atoms. The maximum Gasteiger partial charge on any atom is 0.254 e. The SMILES string of the molecule is Cc1[nH]c(C=C2NC=CN=C2C2C=NNC2=O)c(C)c1C(=O)CCCl. The molecule has 0 bridgehead atoms. The van der Waals surface area contributed by atoms with Crippen molar-refractivity contribution in [2.24, 2.45) is 16.0 Å². The van der Waals surface area contributed by atoms with Gasteiger partial charge in [-0.05, 0) is 25.5 Å². The van der Waals surface area contributed by atoms with Crippen LogP contribution in [-0.2, 0) is 4.79 Å². The van der Waals surface area contributed by atoms with Crippen LogP contribution >= 0.6 is 11.6 Å². The van der Waals surface area contributed by atoms with E-state index in [4.69, 9.17) is 11.6 Å². The fourth-order valence-electron chi connectivity index (χ4n) is 2.95. The number of hydrogen-bond acceptors (Lipinski definition) is 5. The number of alkyl halides is 1. The van der Waals surface area contributed by atoms with E-state index in [1.807, 2.05) is 19.9 Å². The second-order valence-electron chi connectivity index (χ2n) is 5.79. The number of amides is 1. The quantitative estimate of drug-likeness (QED) is 0.554. The van der Waals surface area contributed by atoms with Crippen LogP contribution in [0.4, 0.5) is 0 Å². The highest BCUT2D eigenvalue weighted by atomic mass is 35.5. The Morgan fingerprint density at radius 3 is 2.88 bits per heavy atom. The number of halogens is 1. The van der Waals surface area contributed by atoms with Gasteiger partial charge in [0, 0.05) is 47.9 Å². The van der Waals surface area contributed by atoms with Crippen molar-refractivity contribution in [2.75, 3.05) is 5.88 Å². The molecule has 7 nitrogen and oxygen atoms in total. The van der Waals surface area contributed by atoms with Gasteiger partial charge in [-0.2, -0.15) is 5.10 Å². The second-order valence-corrected chi connectivity index (χ2v) is 6.17. The summed E-state index contributed by atoms with van der Waals surface area (Å²) in [7, 11) is 0. The van der Waals surface area contributed by atoms with Gasteiger partial charge in [-0.1, -0.05) is 0 Å². The normalized spacial score (nSPS) is 20.6. The zero-order valence-electron chi connectivity index (χ0n) is 13.9. The third kappa shape index (κ3) is 3.28. The summed E-state index contributed by atoms with van der Waals surface area (Å²) in [6.07, 6.45) is 6.95. The number of hydrazone groups is 1. The summed E-state index contributed by atoms with van der Waals surface area (Å²) in [4.78, 5) is 31.7. The number of nitrogens with zero attached hydrogens (tertiary/aromatic N) is 2. The molecule has 8 heteroatoms. The van der Waals surface area contributed by atoms with E-state index in [0.717, 1.165) is 17.0 Å². The van der Waals surface area contributed by atoms with Gasteiger partial charge < -0.3 is 10.3 Å². The predicted octanol–water partition coefficient (Wildman–Crippen LogP) is 2.03.